The Bertz CT molecular complexity index is 1020. The quantitative estimate of drug-likeness (QED) is 0.451. The van der Waals surface area contributed by atoms with Crippen LogP contribution < -0.4 is 0 Å². The van der Waals surface area contributed by atoms with Crippen molar-refractivity contribution in [2.45, 2.75) is 20.3 Å². The zero-order valence-electron chi connectivity index (χ0n) is 14.4. The third-order valence-corrected chi connectivity index (χ3v) is 5.82. The van der Waals surface area contributed by atoms with Crippen molar-refractivity contribution in [1.29, 1.82) is 0 Å². The molecule has 0 bridgehead atoms. The van der Waals surface area contributed by atoms with E-state index in [0.29, 0.717) is 5.75 Å². The second-order valence-electron chi connectivity index (χ2n) is 6.62. The van der Waals surface area contributed by atoms with Gasteiger partial charge in [0.2, 0.25) is 0 Å². The normalized spacial score (nSPS) is 11.1. The lowest BCUT2D eigenvalue weighted by atomic mass is 9.98. The van der Waals surface area contributed by atoms with E-state index in [-0.39, 0.29) is 0 Å². The van der Waals surface area contributed by atoms with Gasteiger partial charge in [0.15, 0.2) is 0 Å². The Morgan fingerprint density at radius 2 is 1.48 bits per heavy atom. The van der Waals surface area contributed by atoms with Gasteiger partial charge in [0, 0.05) is 9.58 Å². The lowest BCUT2D eigenvalue weighted by Crippen LogP contribution is -1.89. The number of hydrogen-bond donors (Lipinski definition) is 1. The van der Waals surface area contributed by atoms with Gasteiger partial charge in [-0.2, -0.15) is 0 Å². The zero-order valence-corrected chi connectivity index (χ0v) is 15.2. The van der Waals surface area contributed by atoms with Gasteiger partial charge in [-0.05, 0) is 66.1 Å². The van der Waals surface area contributed by atoms with Crippen LogP contribution in [0.15, 0.2) is 66.7 Å². The minimum Gasteiger partial charge on any atom is -0.508 e. The fourth-order valence-electron chi connectivity index (χ4n) is 3.19. The average Bonchev–Trinajstić information content (AvgIpc) is 2.95. The lowest BCUT2D eigenvalue weighted by Gasteiger charge is -2.07. The highest BCUT2D eigenvalue weighted by Crippen LogP contribution is 2.40. The summed E-state index contributed by atoms with van der Waals surface area (Å²) in [6.45, 7) is 4.26. The van der Waals surface area contributed by atoms with Gasteiger partial charge in [0.25, 0.3) is 0 Å². The maximum Gasteiger partial charge on any atom is 0.115 e. The SMILES string of the molecule is Cc1ccc(-c2sc3cc(C)ccc3c2Cc2ccc(O)cc2)cc1. The molecule has 0 radical (unpaired) electrons. The molecule has 1 N–H and O–H groups in total. The molecule has 0 unspecified atom stereocenters. The first-order chi connectivity index (χ1) is 12.1. The van der Waals surface area contributed by atoms with E-state index in [9.17, 15) is 5.11 Å². The molecule has 0 amide bonds. The molecule has 4 rings (SSSR count). The Balaban J connectivity index is 1.88. The molecule has 0 saturated carbocycles. The summed E-state index contributed by atoms with van der Waals surface area (Å²) in [5, 5.41) is 10.9. The van der Waals surface area contributed by atoms with E-state index in [1.54, 1.807) is 12.1 Å². The topological polar surface area (TPSA) is 20.2 Å². The average molecular weight is 344 g/mol. The molecule has 0 atom stereocenters. The molecule has 0 fully saturated rings. The van der Waals surface area contributed by atoms with Crippen LogP contribution in [0.4, 0.5) is 0 Å². The molecule has 1 aromatic heterocycles. The lowest BCUT2D eigenvalue weighted by molar-refractivity contribution is 0.475. The largest absolute Gasteiger partial charge is 0.508 e. The summed E-state index contributed by atoms with van der Waals surface area (Å²) in [6.07, 6.45) is 0.868. The molecule has 124 valence electrons. The Labute approximate surface area is 152 Å². The first-order valence-electron chi connectivity index (χ1n) is 8.47. The van der Waals surface area contributed by atoms with Gasteiger partial charge in [-0.25, -0.2) is 0 Å². The first-order valence-corrected chi connectivity index (χ1v) is 9.29. The molecule has 25 heavy (non-hydrogen) atoms. The van der Waals surface area contributed by atoms with Crippen LogP contribution in [-0.4, -0.2) is 5.11 Å². The van der Waals surface area contributed by atoms with E-state index < -0.39 is 0 Å². The third kappa shape index (κ3) is 3.18. The summed E-state index contributed by atoms with van der Waals surface area (Å²) < 4.78 is 1.34. The zero-order chi connectivity index (χ0) is 17.4. The van der Waals surface area contributed by atoms with Crippen LogP contribution in [0.2, 0.25) is 0 Å². The predicted octanol–water partition coefficient (Wildman–Crippen LogP) is 6.48. The smallest absolute Gasteiger partial charge is 0.115 e. The number of rotatable bonds is 3. The summed E-state index contributed by atoms with van der Waals surface area (Å²) in [4.78, 5) is 1.34. The third-order valence-electron chi connectivity index (χ3n) is 4.58. The molecular formula is C23H20OS. The Morgan fingerprint density at radius 1 is 0.800 bits per heavy atom. The minimum atomic E-state index is 0.313. The van der Waals surface area contributed by atoms with Crippen LogP contribution in [0.25, 0.3) is 20.5 Å². The number of aromatic hydroxyl groups is 1. The van der Waals surface area contributed by atoms with E-state index in [1.807, 2.05) is 23.5 Å². The van der Waals surface area contributed by atoms with E-state index >= 15 is 0 Å². The van der Waals surface area contributed by atoms with E-state index in [1.165, 1.54) is 42.8 Å². The number of phenols is 1. The molecular weight excluding hydrogens is 324 g/mol. The summed E-state index contributed by atoms with van der Waals surface area (Å²) in [5.41, 5.74) is 6.43. The fourth-order valence-corrected chi connectivity index (χ4v) is 4.51. The van der Waals surface area contributed by atoms with Crippen LogP contribution in [0.5, 0.6) is 5.75 Å². The second kappa shape index (κ2) is 6.38. The summed E-state index contributed by atoms with van der Waals surface area (Å²) in [5.74, 6) is 0.313. The number of benzene rings is 3. The van der Waals surface area contributed by atoms with E-state index in [0.717, 1.165) is 6.42 Å². The van der Waals surface area contributed by atoms with Crippen LogP contribution in [-0.2, 0) is 6.42 Å². The van der Waals surface area contributed by atoms with Crippen LogP contribution in [0, 0.1) is 13.8 Å². The first kappa shape index (κ1) is 15.9. The highest BCUT2D eigenvalue weighted by molar-refractivity contribution is 7.22. The summed E-state index contributed by atoms with van der Waals surface area (Å²) >= 11 is 1.87. The fraction of sp³-hybridized carbons (Fsp3) is 0.130. The van der Waals surface area contributed by atoms with Crippen molar-refractivity contribution < 1.29 is 5.11 Å². The highest BCUT2D eigenvalue weighted by atomic mass is 32.1. The Hall–Kier alpha value is -2.58. The van der Waals surface area contributed by atoms with E-state index in [2.05, 4.69) is 56.3 Å². The van der Waals surface area contributed by atoms with Crippen molar-refractivity contribution >= 4 is 21.4 Å². The molecule has 0 aliphatic rings. The second-order valence-corrected chi connectivity index (χ2v) is 7.67. The highest BCUT2D eigenvalue weighted by Gasteiger charge is 2.14. The molecule has 3 aromatic carbocycles. The maximum absolute atomic E-state index is 9.55. The molecule has 2 heteroatoms. The summed E-state index contributed by atoms with van der Waals surface area (Å²) in [6, 6.07) is 23.0. The monoisotopic (exact) mass is 344 g/mol. The van der Waals surface area contributed by atoms with Crippen molar-refractivity contribution in [3.05, 3.63) is 89.0 Å². The van der Waals surface area contributed by atoms with Crippen molar-refractivity contribution in [3.8, 4) is 16.2 Å². The van der Waals surface area contributed by atoms with Crippen molar-refractivity contribution in [2.24, 2.45) is 0 Å². The standard InChI is InChI=1S/C23H20OS/c1-15-3-8-18(9-4-15)23-21(14-17-6-10-19(24)11-7-17)20-12-5-16(2)13-22(20)25-23/h3-13,24H,14H2,1-2H3. The molecule has 1 nitrogen and oxygen atoms in total. The molecule has 0 saturated heterocycles. The number of thiophene rings is 1. The van der Waals surface area contributed by atoms with Gasteiger partial charge in [-0.3, -0.25) is 0 Å². The maximum atomic E-state index is 9.55. The molecule has 1 heterocycles. The van der Waals surface area contributed by atoms with Crippen molar-refractivity contribution in [3.63, 3.8) is 0 Å². The van der Waals surface area contributed by atoms with E-state index in [4.69, 9.17) is 0 Å². The van der Waals surface area contributed by atoms with Gasteiger partial charge in [0.1, 0.15) is 5.75 Å². The van der Waals surface area contributed by atoms with Crippen molar-refractivity contribution in [1.82, 2.24) is 0 Å². The predicted molar refractivity (Wildman–Crippen MR) is 108 cm³/mol. The number of fused-ring (bicyclic) bond motifs is 1. The Kier molecular flexibility index (Phi) is 4.06. The van der Waals surface area contributed by atoms with Crippen LogP contribution >= 0.6 is 11.3 Å². The van der Waals surface area contributed by atoms with Gasteiger partial charge < -0.3 is 5.11 Å². The van der Waals surface area contributed by atoms with Gasteiger partial charge >= 0.3 is 0 Å². The Morgan fingerprint density at radius 3 is 2.20 bits per heavy atom. The molecule has 0 aliphatic heterocycles. The van der Waals surface area contributed by atoms with Crippen molar-refractivity contribution in [2.75, 3.05) is 0 Å². The van der Waals surface area contributed by atoms with Crippen LogP contribution in [0.1, 0.15) is 22.3 Å². The summed E-state index contributed by atoms with van der Waals surface area (Å²) in [7, 11) is 0. The van der Waals surface area contributed by atoms with Gasteiger partial charge in [-0.15, -0.1) is 11.3 Å². The molecule has 4 aromatic rings. The van der Waals surface area contributed by atoms with Gasteiger partial charge in [-0.1, -0.05) is 54.1 Å². The molecule has 0 spiro atoms. The number of hydrogen-bond acceptors (Lipinski definition) is 2. The number of phenolic OH excluding ortho intramolecular Hbond substituents is 1. The molecule has 0 aliphatic carbocycles. The van der Waals surface area contributed by atoms with Crippen LogP contribution in [0.3, 0.4) is 0 Å². The van der Waals surface area contributed by atoms with Gasteiger partial charge in [0.05, 0.1) is 0 Å². The minimum absolute atomic E-state index is 0.313. The number of aryl methyl sites for hydroxylation is 2.